The first-order valence-corrected chi connectivity index (χ1v) is 8.61. The van der Waals surface area contributed by atoms with Crippen molar-refractivity contribution in [2.24, 2.45) is 0 Å². The van der Waals surface area contributed by atoms with Gasteiger partial charge in [-0.3, -0.25) is 14.9 Å². The summed E-state index contributed by atoms with van der Waals surface area (Å²) in [6.07, 6.45) is 0. The lowest BCUT2D eigenvalue weighted by Crippen LogP contribution is -2.26. The molecule has 0 aliphatic heterocycles. The van der Waals surface area contributed by atoms with Crippen LogP contribution in [0.15, 0.2) is 47.3 Å². The van der Waals surface area contributed by atoms with Crippen LogP contribution < -0.4 is 10.9 Å². The van der Waals surface area contributed by atoms with E-state index in [0.29, 0.717) is 11.7 Å². The Hall–Kier alpha value is -2.87. The zero-order chi connectivity index (χ0) is 17.8. The third kappa shape index (κ3) is 4.16. The Labute approximate surface area is 148 Å². The number of hydrogen-bond donors (Lipinski definition) is 1. The number of carbonyl (C=O) groups is 1. The second-order valence-electron chi connectivity index (χ2n) is 5.75. The fourth-order valence-electron chi connectivity index (χ4n) is 2.12. The number of aromatic nitrogens is 4. The smallest absolute Gasteiger partial charge is 0.277 e. The third-order valence-electron chi connectivity index (χ3n) is 3.43. The normalized spacial score (nSPS) is 10.8. The fraction of sp³-hybridized carbons (Fsp3) is 0.235. The van der Waals surface area contributed by atoms with Crippen molar-refractivity contribution in [1.29, 1.82) is 0 Å². The van der Waals surface area contributed by atoms with Gasteiger partial charge in [-0.15, -0.1) is 10.2 Å². The van der Waals surface area contributed by atoms with Gasteiger partial charge in [-0.25, -0.2) is 4.68 Å². The molecule has 0 radical (unpaired) electrons. The Morgan fingerprint density at radius 1 is 1.16 bits per heavy atom. The molecule has 0 bridgehead atoms. The van der Waals surface area contributed by atoms with Crippen LogP contribution in [-0.4, -0.2) is 25.9 Å². The Balaban J connectivity index is 1.78. The van der Waals surface area contributed by atoms with Crippen LogP contribution in [0.2, 0.25) is 0 Å². The molecule has 0 spiro atoms. The summed E-state index contributed by atoms with van der Waals surface area (Å²) in [6, 6.07) is 12.2. The van der Waals surface area contributed by atoms with Crippen molar-refractivity contribution in [3.05, 3.63) is 69.1 Å². The maximum Gasteiger partial charge on any atom is 0.277 e. The van der Waals surface area contributed by atoms with Gasteiger partial charge in [0.25, 0.3) is 11.5 Å². The topological polar surface area (TPSA) is 89.8 Å². The first-order valence-electron chi connectivity index (χ1n) is 7.80. The number of hydrogen-bond acceptors (Lipinski definition) is 6. The van der Waals surface area contributed by atoms with Crippen molar-refractivity contribution >= 4 is 22.4 Å². The minimum absolute atomic E-state index is 0.150. The van der Waals surface area contributed by atoms with E-state index in [0.717, 1.165) is 10.6 Å². The molecule has 0 saturated heterocycles. The van der Waals surface area contributed by atoms with Crippen molar-refractivity contribution in [2.45, 2.75) is 26.3 Å². The number of nitrogens with one attached hydrogen (secondary N) is 1. The lowest BCUT2D eigenvalue weighted by atomic mass is 10.2. The molecule has 1 N–H and O–H groups in total. The summed E-state index contributed by atoms with van der Waals surface area (Å²) in [4.78, 5) is 24.3. The number of nitrogens with zero attached hydrogens (tertiary/aromatic N) is 4. The highest BCUT2D eigenvalue weighted by molar-refractivity contribution is 7.15. The van der Waals surface area contributed by atoms with Gasteiger partial charge in [0.2, 0.25) is 5.13 Å². The number of benzene rings is 1. The lowest BCUT2D eigenvalue weighted by molar-refractivity contribution is 0.102. The first-order chi connectivity index (χ1) is 12.0. The van der Waals surface area contributed by atoms with E-state index in [9.17, 15) is 9.59 Å². The number of anilines is 1. The average Bonchev–Trinajstić information content (AvgIpc) is 3.06. The number of amides is 1. The molecule has 2 aromatic heterocycles. The van der Waals surface area contributed by atoms with E-state index in [1.165, 1.54) is 28.2 Å². The fourth-order valence-corrected chi connectivity index (χ4v) is 2.86. The van der Waals surface area contributed by atoms with Crippen LogP contribution in [0.25, 0.3) is 0 Å². The van der Waals surface area contributed by atoms with Gasteiger partial charge in [0.1, 0.15) is 10.7 Å². The molecule has 3 rings (SSSR count). The van der Waals surface area contributed by atoms with Gasteiger partial charge in [0, 0.05) is 12.0 Å². The highest BCUT2D eigenvalue weighted by Gasteiger charge is 2.14. The zero-order valence-corrected chi connectivity index (χ0v) is 14.7. The van der Waals surface area contributed by atoms with Crippen molar-refractivity contribution in [3.63, 3.8) is 0 Å². The predicted octanol–water partition coefficient (Wildman–Crippen LogP) is 2.52. The van der Waals surface area contributed by atoms with Gasteiger partial charge in [-0.2, -0.15) is 5.10 Å². The van der Waals surface area contributed by atoms with Crippen LogP contribution in [-0.2, 0) is 6.54 Å². The van der Waals surface area contributed by atoms with Crippen LogP contribution in [0.4, 0.5) is 5.13 Å². The molecule has 7 nitrogen and oxygen atoms in total. The molecule has 0 atom stereocenters. The quantitative estimate of drug-likeness (QED) is 0.759. The lowest BCUT2D eigenvalue weighted by Gasteiger charge is -2.06. The highest BCUT2D eigenvalue weighted by atomic mass is 32.1. The standard InChI is InChI=1S/C17H17N5O2S/c1-11(2)16-19-20-17(25-16)18-15(24)13-8-9-14(23)22(21-13)10-12-6-4-3-5-7-12/h3-9,11H,10H2,1-2H3,(H,18,20,24). The van der Waals surface area contributed by atoms with Crippen LogP contribution in [0.1, 0.15) is 40.8 Å². The van der Waals surface area contributed by atoms with E-state index in [1.807, 2.05) is 44.2 Å². The summed E-state index contributed by atoms with van der Waals surface area (Å²) >= 11 is 1.32. The van der Waals surface area contributed by atoms with Crippen LogP contribution in [0, 0.1) is 0 Å². The molecule has 25 heavy (non-hydrogen) atoms. The minimum atomic E-state index is -0.423. The third-order valence-corrected chi connectivity index (χ3v) is 4.57. The second kappa shape index (κ2) is 7.35. The summed E-state index contributed by atoms with van der Waals surface area (Å²) in [5, 5.41) is 16.1. The summed E-state index contributed by atoms with van der Waals surface area (Å²) in [5.41, 5.74) is 0.815. The van der Waals surface area contributed by atoms with Gasteiger partial charge in [0.05, 0.1) is 6.54 Å². The first kappa shape index (κ1) is 17.0. The molecule has 0 fully saturated rings. The Bertz CT molecular complexity index is 933. The second-order valence-corrected chi connectivity index (χ2v) is 6.76. The van der Waals surface area contributed by atoms with E-state index >= 15 is 0 Å². The molecule has 8 heteroatoms. The van der Waals surface area contributed by atoms with Crippen LogP contribution in [0.3, 0.4) is 0 Å². The Morgan fingerprint density at radius 2 is 1.92 bits per heavy atom. The van der Waals surface area contributed by atoms with Gasteiger partial charge < -0.3 is 0 Å². The molecule has 0 aliphatic rings. The van der Waals surface area contributed by atoms with E-state index in [4.69, 9.17) is 0 Å². The van der Waals surface area contributed by atoms with Crippen molar-refractivity contribution in [2.75, 3.05) is 5.32 Å². The molecule has 3 aromatic rings. The largest absolute Gasteiger partial charge is 0.295 e. The Morgan fingerprint density at radius 3 is 2.60 bits per heavy atom. The van der Waals surface area contributed by atoms with Gasteiger partial charge >= 0.3 is 0 Å². The van der Waals surface area contributed by atoms with Crippen LogP contribution >= 0.6 is 11.3 Å². The Kier molecular flexibility index (Phi) is 4.99. The SMILES string of the molecule is CC(C)c1nnc(NC(=O)c2ccc(=O)n(Cc3ccccc3)n2)s1. The van der Waals surface area contributed by atoms with E-state index in [2.05, 4.69) is 20.6 Å². The molecular formula is C17H17N5O2S. The van der Waals surface area contributed by atoms with E-state index in [-0.39, 0.29) is 17.2 Å². The summed E-state index contributed by atoms with van der Waals surface area (Å²) in [6.45, 7) is 4.32. The van der Waals surface area contributed by atoms with Gasteiger partial charge in [-0.05, 0) is 11.6 Å². The molecule has 1 aromatic carbocycles. The molecular weight excluding hydrogens is 338 g/mol. The molecule has 2 heterocycles. The van der Waals surface area contributed by atoms with Crippen molar-refractivity contribution < 1.29 is 4.79 Å². The maximum absolute atomic E-state index is 12.4. The molecule has 0 aliphatic carbocycles. The van der Waals surface area contributed by atoms with Gasteiger partial charge in [0.15, 0.2) is 0 Å². The van der Waals surface area contributed by atoms with E-state index < -0.39 is 5.91 Å². The van der Waals surface area contributed by atoms with Crippen molar-refractivity contribution in [3.8, 4) is 0 Å². The average molecular weight is 355 g/mol. The molecule has 0 saturated carbocycles. The number of carbonyl (C=O) groups excluding carboxylic acids is 1. The number of rotatable bonds is 5. The molecule has 128 valence electrons. The van der Waals surface area contributed by atoms with Gasteiger partial charge in [-0.1, -0.05) is 55.5 Å². The molecule has 1 amide bonds. The van der Waals surface area contributed by atoms with Crippen LogP contribution in [0.5, 0.6) is 0 Å². The zero-order valence-electron chi connectivity index (χ0n) is 13.8. The summed E-state index contributed by atoms with van der Waals surface area (Å²) in [5.74, 6) is -0.178. The highest BCUT2D eigenvalue weighted by Crippen LogP contribution is 2.22. The van der Waals surface area contributed by atoms with E-state index in [1.54, 1.807) is 0 Å². The monoisotopic (exact) mass is 355 g/mol. The maximum atomic E-state index is 12.4. The van der Waals surface area contributed by atoms with Crippen molar-refractivity contribution in [1.82, 2.24) is 20.0 Å². The summed E-state index contributed by atoms with van der Waals surface area (Å²) < 4.78 is 1.27. The minimum Gasteiger partial charge on any atom is -0.295 e. The molecule has 0 unspecified atom stereocenters. The predicted molar refractivity (Wildman–Crippen MR) is 96.0 cm³/mol. The summed E-state index contributed by atoms with van der Waals surface area (Å²) in [7, 11) is 0.